The van der Waals surface area contributed by atoms with Gasteiger partial charge in [0, 0.05) is 18.3 Å². The minimum absolute atomic E-state index is 0.654. The Kier molecular flexibility index (Phi) is 4.65. The normalized spacial score (nSPS) is 18.6. The summed E-state index contributed by atoms with van der Waals surface area (Å²) in [6.45, 7) is 10.2. The summed E-state index contributed by atoms with van der Waals surface area (Å²) in [5, 5.41) is 3.70. The van der Waals surface area contributed by atoms with E-state index in [1.807, 2.05) is 0 Å². The molecule has 0 fully saturated rings. The maximum atomic E-state index is 3.70. The van der Waals surface area contributed by atoms with E-state index in [1.54, 1.807) is 0 Å². The van der Waals surface area contributed by atoms with E-state index in [9.17, 15) is 0 Å². The van der Waals surface area contributed by atoms with Gasteiger partial charge < -0.3 is 10.2 Å². The molecule has 18 heavy (non-hydrogen) atoms. The first-order valence-corrected chi connectivity index (χ1v) is 7.31. The highest BCUT2D eigenvalue weighted by Gasteiger charge is 2.17. The molecule has 0 aromatic heterocycles. The van der Waals surface area contributed by atoms with Crippen molar-refractivity contribution in [3.63, 3.8) is 0 Å². The number of benzene rings is 1. The Morgan fingerprint density at radius 2 is 2.06 bits per heavy atom. The number of aryl methyl sites for hydroxylation is 2. The monoisotopic (exact) mass is 246 g/mol. The summed E-state index contributed by atoms with van der Waals surface area (Å²) in [6, 6.07) is 7.43. The molecular formula is C16H26N2. The second kappa shape index (κ2) is 6.24. The van der Waals surface area contributed by atoms with Crippen LogP contribution in [0.1, 0.15) is 37.8 Å². The quantitative estimate of drug-likeness (QED) is 0.856. The van der Waals surface area contributed by atoms with E-state index in [4.69, 9.17) is 0 Å². The minimum atomic E-state index is 0.654. The van der Waals surface area contributed by atoms with Crippen LogP contribution >= 0.6 is 0 Å². The van der Waals surface area contributed by atoms with Crippen LogP contribution in [0.25, 0.3) is 0 Å². The van der Waals surface area contributed by atoms with Crippen molar-refractivity contribution in [2.75, 3.05) is 25.0 Å². The molecule has 0 amide bonds. The smallest absolute Gasteiger partial charge is 0.0375 e. The molecule has 1 atom stereocenters. The number of hydrogen-bond donors (Lipinski definition) is 1. The first-order chi connectivity index (χ1) is 8.72. The molecule has 0 saturated carbocycles. The van der Waals surface area contributed by atoms with Crippen LogP contribution in [0.3, 0.4) is 0 Å². The average Bonchev–Trinajstić information content (AvgIpc) is 2.40. The molecule has 1 heterocycles. The molecule has 2 nitrogen and oxygen atoms in total. The highest BCUT2D eigenvalue weighted by atomic mass is 15.1. The lowest BCUT2D eigenvalue weighted by atomic mass is 9.95. The van der Waals surface area contributed by atoms with E-state index < -0.39 is 0 Å². The third-order valence-electron chi connectivity index (χ3n) is 4.07. The Morgan fingerprint density at radius 1 is 1.28 bits per heavy atom. The number of nitrogens with zero attached hydrogens (tertiary/aromatic N) is 1. The van der Waals surface area contributed by atoms with Crippen LogP contribution < -0.4 is 5.32 Å². The van der Waals surface area contributed by atoms with Crippen LogP contribution in [0.4, 0.5) is 5.69 Å². The van der Waals surface area contributed by atoms with Crippen molar-refractivity contribution in [2.24, 2.45) is 0 Å². The van der Waals surface area contributed by atoms with E-state index in [-0.39, 0.29) is 0 Å². The molecule has 0 unspecified atom stereocenters. The molecule has 1 aliphatic heterocycles. The summed E-state index contributed by atoms with van der Waals surface area (Å²) < 4.78 is 0. The van der Waals surface area contributed by atoms with Gasteiger partial charge in [-0.05, 0) is 50.9 Å². The fourth-order valence-electron chi connectivity index (χ4n) is 2.79. The SMILES string of the molecule is CCN(CC)CC[C@@H]1CCc2cc(C)ccc2N1. The second-order valence-corrected chi connectivity index (χ2v) is 5.36. The Bertz CT molecular complexity index is 383. The molecule has 1 aromatic carbocycles. The standard InChI is InChI=1S/C16H26N2/c1-4-18(5-2)11-10-15-8-7-14-12-13(3)6-9-16(14)17-15/h6,9,12,15,17H,4-5,7-8,10-11H2,1-3H3/t15-/m0/s1. The van der Waals surface area contributed by atoms with Crippen LogP contribution in [0.15, 0.2) is 18.2 Å². The largest absolute Gasteiger partial charge is 0.382 e. The van der Waals surface area contributed by atoms with Crippen molar-refractivity contribution in [3.05, 3.63) is 29.3 Å². The van der Waals surface area contributed by atoms with Crippen LogP contribution in [-0.4, -0.2) is 30.6 Å². The molecule has 0 aliphatic carbocycles. The molecule has 2 heteroatoms. The van der Waals surface area contributed by atoms with Crippen molar-refractivity contribution in [1.29, 1.82) is 0 Å². The van der Waals surface area contributed by atoms with Crippen LogP contribution in [0, 0.1) is 6.92 Å². The van der Waals surface area contributed by atoms with Gasteiger partial charge in [-0.1, -0.05) is 31.5 Å². The lowest BCUT2D eigenvalue weighted by molar-refractivity contribution is 0.290. The number of fused-ring (bicyclic) bond motifs is 1. The van der Waals surface area contributed by atoms with Crippen molar-refractivity contribution in [1.82, 2.24) is 4.90 Å². The first kappa shape index (κ1) is 13.4. The fourth-order valence-corrected chi connectivity index (χ4v) is 2.79. The lowest BCUT2D eigenvalue weighted by Crippen LogP contribution is -2.32. The van der Waals surface area contributed by atoms with Crippen molar-refractivity contribution in [2.45, 2.75) is 46.1 Å². The molecule has 0 bridgehead atoms. The fraction of sp³-hybridized carbons (Fsp3) is 0.625. The van der Waals surface area contributed by atoms with Crippen LogP contribution in [-0.2, 0) is 6.42 Å². The predicted molar refractivity (Wildman–Crippen MR) is 79.3 cm³/mol. The third-order valence-corrected chi connectivity index (χ3v) is 4.07. The summed E-state index contributed by atoms with van der Waals surface area (Å²) in [4.78, 5) is 2.51. The molecule has 1 aliphatic rings. The predicted octanol–water partition coefficient (Wildman–Crippen LogP) is 3.45. The summed E-state index contributed by atoms with van der Waals surface area (Å²) in [5.41, 5.74) is 4.22. The van der Waals surface area contributed by atoms with E-state index in [1.165, 1.54) is 55.7 Å². The average molecular weight is 246 g/mol. The van der Waals surface area contributed by atoms with Gasteiger partial charge in [0.25, 0.3) is 0 Å². The Labute approximate surface area is 111 Å². The third kappa shape index (κ3) is 3.26. The van der Waals surface area contributed by atoms with Gasteiger partial charge in [-0.25, -0.2) is 0 Å². The number of rotatable bonds is 5. The Hall–Kier alpha value is -1.02. The highest BCUT2D eigenvalue weighted by Crippen LogP contribution is 2.26. The van der Waals surface area contributed by atoms with Gasteiger partial charge in [0.15, 0.2) is 0 Å². The van der Waals surface area contributed by atoms with Gasteiger partial charge in [0.05, 0.1) is 0 Å². The van der Waals surface area contributed by atoms with E-state index in [2.05, 4.69) is 49.2 Å². The Morgan fingerprint density at radius 3 is 2.78 bits per heavy atom. The van der Waals surface area contributed by atoms with Gasteiger partial charge in [0.1, 0.15) is 0 Å². The molecule has 0 saturated heterocycles. The molecule has 0 radical (unpaired) electrons. The zero-order chi connectivity index (χ0) is 13.0. The summed E-state index contributed by atoms with van der Waals surface area (Å²) in [7, 11) is 0. The number of anilines is 1. The Balaban J connectivity index is 1.90. The summed E-state index contributed by atoms with van der Waals surface area (Å²) in [6.07, 6.45) is 3.76. The van der Waals surface area contributed by atoms with E-state index in [0.29, 0.717) is 6.04 Å². The molecule has 1 N–H and O–H groups in total. The topological polar surface area (TPSA) is 15.3 Å². The van der Waals surface area contributed by atoms with E-state index >= 15 is 0 Å². The van der Waals surface area contributed by atoms with Gasteiger partial charge in [-0.2, -0.15) is 0 Å². The zero-order valence-electron chi connectivity index (χ0n) is 12.0. The van der Waals surface area contributed by atoms with Crippen LogP contribution in [0.5, 0.6) is 0 Å². The van der Waals surface area contributed by atoms with Gasteiger partial charge in [-0.3, -0.25) is 0 Å². The molecule has 2 rings (SSSR count). The maximum absolute atomic E-state index is 3.70. The second-order valence-electron chi connectivity index (χ2n) is 5.36. The maximum Gasteiger partial charge on any atom is 0.0375 e. The zero-order valence-corrected chi connectivity index (χ0v) is 12.0. The van der Waals surface area contributed by atoms with Crippen molar-refractivity contribution >= 4 is 5.69 Å². The number of hydrogen-bond acceptors (Lipinski definition) is 2. The van der Waals surface area contributed by atoms with Crippen LogP contribution in [0.2, 0.25) is 0 Å². The van der Waals surface area contributed by atoms with Crippen molar-refractivity contribution < 1.29 is 0 Å². The summed E-state index contributed by atoms with van der Waals surface area (Å²) >= 11 is 0. The van der Waals surface area contributed by atoms with Gasteiger partial charge >= 0.3 is 0 Å². The van der Waals surface area contributed by atoms with Gasteiger partial charge in [-0.15, -0.1) is 0 Å². The molecule has 1 aromatic rings. The summed E-state index contributed by atoms with van der Waals surface area (Å²) in [5.74, 6) is 0. The first-order valence-electron chi connectivity index (χ1n) is 7.31. The minimum Gasteiger partial charge on any atom is -0.382 e. The number of nitrogens with one attached hydrogen (secondary N) is 1. The van der Waals surface area contributed by atoms with Crippen molar-refractivity contribution in [3.8, 4) is 0 Å². The van der Waals surface area contributed by atoms with E-state index in [0.717, 1.165) is 0 Å². The lowest BCUT2D eigenvalue weighted by Gasteiger charge is -2.29. The molecule has 100 valence electrons. The molecule has 0 spiro atoms. The van der Waals surface area contributed by atoms with Gasteiger partial charge in [0.2, 0.25) is 0 Å². The highest BCUT2D eigenvalue weighted by molar-refractivity contribution is 5.55. The molecular weight excluding hydrogens is 220 g/mol.